The highest BCUT2D eigenvalue weighted by molar-refractivity contribution is 6.07. The number of aliphatic carboxylic acids is 1. The summed E-state index contributed by atoms with van der Waals surface area (Å²) in [6.07, 6.45) is 3.28. The van der Waals surface area contributed by atoms with Gasteiger partial charge in [-0.15, -0.1) is 0 Å². The zero-order valence-corrected chi connectivity index (χ0v) is 16.3. The van der Waals surface area contributed by atoms with Crippen molar-refractivity contribution in [3.63, 3.8) is 0 Å². The zero-order chi connectivity index (χ0) is 20.2. The van der Waals surface area contributed by atoms with Crippen LogP contribution in [0, 0.1) is 13.8 Å². The number of hydrogen-bond acceptors (Lipinski definition) is 4. The second-order valence-electron chi connectivity index (χ2n) is 6.93. The summed E-state index contributed by atoms with van der Waals surface area (Å²) < 4.78 is 5.70. The number of anilines is 1. The molecule has 0 unspecified atom stereocenters. The van der Waals surface area contributed by atoms with Gasteiger partial charge in [0.05, 0.1) is 0 Å². The Balaban J connectivity index is 2.20. The molecular formula is C22H25NO4. The lowest BCUT2D eigenvalue weighted by molar-refractivity contribution is -0.152. The first-order valence-electron chi connectivity index (χ1n) is 8.68. The molecule has 0 amide bonds. The fourth-order valence-electron chi connectivity index (χ4n) is 2.61. The van der Waals surface area contributed by atoms with Crippen LogP contribution in [0.3, 0.4) is 0 Å². The van der Waals surface area contributed by atoms with Gasteiger partial charge >= 0.3 is 5.97 Å². The van der Waals surface area contributed by atoms with Gasteiger partial charge in [0.2, 0.25) is 0 Å². The molecule has 5 heteroatoms. The molecule has 0 saturated carbocycles. The van der Waals surface area contributed by atoms with Gasteiger partial charge in [0.1, 0.15) is 5.75 Å². The molecule has 0 heterocycles. The van der Waals surface area contributed by atoms with Gasteiger partial charge in [0.25, 0.3) is 0 Å². The number of nitrogens with one attached hydrogen (secondary N) is 1. The lowest BCUT2D eigenvalue weighted by Gasteiger charge is -2.24. The van der Waals surface area contributed by atoms with Gasteiger partial charge < -0.3 is 15.2 Å². The molecule has 0 spiro atoms. The van der Waals surface area contributed by atoms with Crippen molar-refractivity contribution >= 4 is 23.5 Å². The minimum atomic E-state index is -1.32. The Kier molecular flexibility index (Phi) is 6.05. The average molecular weight is 367 g/mol. The molecule has 0 aliphatic heterocycles. The van der Waals surface area contributed by atoms with Crippen LogP contribution >= 0.6 is 0 Å². The van der Waals surface area contributed by atoms with Crippen molar-refractivity contribution in [1.29, 1.82) is 0 Å². The maximum atomic E-state index is 12.3. The molecule has 27 heavy (non-hydrogen) atoms. The molecule has 0 atom stereocenters. The number of benzene rings is 2. The molecule has 0 aromatic heterocycles. The number of carbonyl (C=O) groups is 2. The first-order valence-corrected chi connectivity index (χ1v) is 8.68. The maximum absolute atomic E-state index is 12.3. The molecule has 0 bridgehead atoms. The highest BCUT2D eigenvalue weighted by Gasteiger charge is 2.30. The van der Waals surface area contributed by atoms with Crippen LogP contribution in [-0.4, -0.2) is 29.5 Å². The van der Waals surface area contributed by atoms with Crippen molar-refractivity contribution in [2.45, 2.75) is 33.3 Å². The number of carboxylic acid groups (broad SMARTS) is 1. The molecule has 0 radical (unpaired) electrons. The molecule has 2 aromatic carbocycles. The van der Waals surface area contributed by atoms with Crippen LogP contribution in [0.1, 0.15) is 40.9 Å². The number of allylic oxidation sites excluding steroid dienone is 1. The highest BCUT2D eigenvalue weighted by atomic mass is 16.5. The molecule has 2 rings (SSSR count). The third-order valence-electron chi connectivity index (χ3n) is 4.24. The van der Waals surface area contributed by atoms with E-state index < -0.39 is 11.6 Å². The van der Waals surface area contributed by atoms with Gasteiger partial charge in [-0.05, 0) is 86.9 Å². The highest BCUT2D eigenvalue weighted by Crippen LogP contribution is 2.29. The van der Waals surface area contributed by atoms with Crippen LogP contribution in [-0.2, 0) is 4.79 Å². The smallest absolute Gasteiger partial charge is 0.347 e. The third kappa shape index (κ3) is 4.97. The quantitative estimate of drug-likeness (QED) is 0.557. The van der Waals surface area contributed by atoms with E-state index in [4.69, 9.17) is 4.74 Å². The van der Waals surface area contributed by atoms with Crippen molar-refractivity contribution in [3.05, 3.63) is 64.7 Å². The van der Waals surface area contributed by atoms with E-state index in [1.165, 1.54) is 19.9 Å². The van der Waals surface area contributed by atoms with E-state index in [2.05, 4.69) is 5.32 Å². The molecule has 2 N–H and O–H groups in total. The summed E-state index contributed by atoms with van der Waals surface area (Å²) in [7, 11) is 1.83. The normalized spacial score (nSPS) is 11.4. The number of ketones is 1. The fraction of sp³-hybridized carbons (Fsp3) is 0.273. The number of rotatable bonds is 7. The molecule has 0 saturated heterocycles. The molecule has 142 valence electrons. The van der Waals surface area contributed by atoms with E-state index in [1.54, 1.807) is 18.2 Å². The summed E-state index contributed by atoms with van der Waals surface area (Å²) in [6, 6.07) is 11.0. The summed E-state index contributed by atoms with van der Waals surface area (Å²) in [5.74, 6) is -0.561. The number of carboxylic acids is 1. The minimum absolute atomic E-state index is 0.0831. The van der Waals surface area contributed by atoms with Gasteiger partial charge in [-0.1, -0.05) is 6.08 Å². The topological polar surface area (TPSA) is 75.6 Å². The van der Waals surface area contributed by atoms with Crippen molar-refractivity contribution in [2.24, 2.45) is 0 Å². The fourth-order valence-corrected chi connectivity index (χ4v) is 2.61. The molecule has 0 fully saturated rings. The Labute approximate surface area is 159 Å². The summed E-state index contributed by atoms with van der Waals surface area (Å²) in [5, 5.41) is 12.3. The van der Waals surface area contributed by atoms with Crippen LogP contribution in [0.2, 0.25) is 0 Å². The first-order chi connectivity index (χ1) is 12.6. The molecule has 0 aliphatic rings. The van der Waals surface area contributed by atoms with Gasteiger partial charge in [0.15, 0.2) is 11.4 Å². The van der Waals surface area contributed by atoms with Gasteiger partial charge in [-0.25, -0.2) is 4.79 Å². The third-order valence-corrected chi connectivity index (χ3v) is 4.24. The van der Waals surface area contributed by atoms with E-state index in [1.807, 2.05) is 45.2 Å². The van der Waals surface area contributed by atoms with Crippen LogP contribution in [0.25, 0.3) is 6.08 Å². The second kappa shape index (κ2) is 8.08. The minimum Gasteiger partial charge on any atom is -0.478 e. The van der Waals surface area contributed by atoms with Crippen molar-refractivity contribution in [2.75, 3.05) is 12.4 Å². The lowest BCUT2D eigenvalue weighted by atomic mass is 10.0. The van der Waals surface area contributed by atoms with Crippen molar-refractivity contribution in [3.8, 4) is 5.75 Å². The Bertz CT molecular complexity index is 857. The standard InChI is InChI=1S/C22H25NO4/c1-14-12-16(13-15(2)20(14)27-22(3,4)21(25)26)6-11-19(24)17-7-9-18(23-5)10-8-17/h6-13,23H,1-5H3,(H,25,26)/b11-6+. The largest absolute Gasteiger partial charge is 0.478 e. The Morgan fingerprint density at radius 2 is 1.63 bits per heavy atom. The number of aryl methyl sites for hydroxylation is 2. The predicted octanol–water partition coefficient (Wildman–Crippen LogP) is 4.48. The van der Waals surface area contributed by atoms with Gasteiger partial charge in [-0.3, -0.25) is 4.79 Å². The summed E-state index contributed by atoms with van der Waals surface area (Å²) >= 11 is 0. The molecular weight excluding hydrogens is 342 g/mol. The van der Waals surface area contributed by atoms with E-state index >= 15 is 0 Å². The second-order valence-corrected chi connectivity index (χ2v) is 6.93. The predicted molar refractivity (Wildman–Crippen MR) is 108 cm³/mol. The Morgan fingerprint density at radius 1 is 1.07 bits per heavy atom. The van der Waals surface area contributed by atoms with E-state index in [0.29, 0.717) is 11.3 Å². The Hall–Kier alpha value is -3.08. The number of ether oxygens (including phenoxy) is 1. The van der Waals surface area contributed by atoms with Crippen molar-refractivity contribution in [1.82, 2.24) is 0 Å². The summed E-state index contributed by atoms with van der Waals surface area (Å²) in [6.45, 7) is 6.74. The summed E-state index contributed by atoms with van der Waals surface area (Å²) in [5.41, 5.74) is 2.72. The van der Waals surface area contributed by atoms with Gasteiger partial charge in [-0.2, -0.15) is 0 Å². The van der Waals surface area contributed by atoms with Crippen LogP contribution in [0.5, 0.6) is 5.75 Å². The SMILES string of the molecule is CNc1ccc(C(=O)/C=C/c2cc(C)c(OC(C)(C)C(=O)O)c(C)c2)cc1. The maximum Gasteiger partial charge on any atom is 0.347 e. The van der Waals surface area contributed by atoms with Crippen LogP contribution in [0.4, 0.5) is 5.69 Å². The van der Waals surface area contributed by atoms with Gasteiger partial charge in [0, 0.05) is 18.3 Å². The van der Waals surface area contributed by atoms with E-state index in [-0.39, 0.29) is 5.78 Å². The zero-order valence-electron chi connectivity index (χ0n) is 16.3. The average Bonchev–Trinajstić information content (AvgIpc) is 2.62. The monoisotopic (exact) mass is 367 g/mol. The molecule has 2 aromatic rings. The number of carbonyl (C=O) groups excluding carboxylic acids is 1. The number of hydrogen-bond donors (Lipinski definition) is 2. The molecule has 5 nitrogen and oxygen atoms in total. The van der Waals surface area contributed by atoms with E-state index in [9.17, 15) is 14.7 Å². The first kappa shape index (κ1) is 20.2. The molecule has 0 aliphatic carbocycles. The lowest BCUT2D eigenvalue weighted by Crippen LogP contribution is -2.38. The van der Waals surface area contributed by atoms with Crippen LogP contribution in [0.15, 0.2) is 42.5 Å². The van der Waals surface area contributed by atoms with Crippen molar-refractivity contribution < 1.29 is 19.4 Å². The van der Waals surface area contributed by atoms with E-state index in [0.717, 1.165) is 22.4 Å². The Morgan fingerprint density at radius 3 is 2.11 bits per heavy atom. The summed E-state index contributed by atoms with van der Waals surface area (Å²) in [4.78, 5) is 23.6. The van der Waals surface area contributed by atoms with Crippen LogP contribution < -0.4 is 10.1 Å².